The van der Waals surface area contributed by atoms with Crippen LogP contribution in [0.3, 0.4) is 0 Å². The predicted molar refractivity (Wildman–Crippen MR) is 83.4 cm³/mol. The summed E-state index contributed by atoms with van der Waals surface area (Å²) < 4.78 is 19.0. The van der Waals surface area contributed by atoms with Crippen molar-refractivity contribution in [2.24, 2.45) is 0 Å². The minimum atomic E-state index is -1.11. The van der Waals surface area contributed by atoms with Gasteiger partial charge >= 0.3 is 11.8 Å². The molecule has 1 aliphatic rings. The maximum absolute atomic E-state index is 13.9. The van der Waals surface area contributed by atoms with Crippen molar-refractivity contribution in [3.8, 4) is 0 Å². The Morgan fingerprint density at radius 2 is 2.12 bits per heavy atom. The van der Waals surface area contributed by atoms with Gasteiger partial charge in [-0.15, -0.1) is 0 Å². The van der Waals surface area contributed by atoms with Gasteiger partial charge in [-0.3, -0.25) is 14.9 Å². The van der Waals surface area contributed by atoms with Gasteiger partial charge in [-0.2, -0.15) is 4.39 Å². The Hall–Kier alpha value is -2.51. The maximum atomic E-state index is 13.9. The second-order valence-electron chi connectivity index (χ2n) is 6.35. The van der Waals surface area contributed by atoms with E-state index in [-0.39, 0.29) is 18.7 Å². The second-order valence-corrected chi connectivity index (χ2v) is 6.35. The molecular weight excluding hydrogens is 319 g/mol. The summed E-state index contributed by atoms with van der Waals surface area (Å²) in [5.41, 5.74) is -1.15. The predicted octanol–water partition coefficient (Wildman–Crippen LogP) is 3.40. The highest BCUT2D eigenvalue weighted by Gasteiger charge is 2.42. The number of fused-ring (bicyclic) bond motifs is 1. The van der Waals surface area contributed by atoms with Gasteiger partial charge in [-0.25, -0.2) is 9.69 Å². The molecule has 24 heavy (non-hydrogen) atoms. The van der Waals surface area contributed by atoms with Crippen molar-refractivity contribution in [2.75, 3.05) is 13.2 Å². The van der Waals surface area contributed by atoms with Gasteiger partial charge in [0.05, 0.1) is 11.5 Å². The summed E-state index contributed by atoms with van der Waals surface area (Å²) >= 11 is 0. The monoisotopic (exact) mass is 338 g/mol. The molecule has 0 saturated carbocycles. The first-order valence-corrected chi connectivity index (χ1v) is 7.66. The molecule has 0 aliphatic carbocycles. The molecule has 0 saturated heterocycles. The molecule has 0 bridgehead atoms. The summed E-state index contributed by atoms with van der Waals surface area (Å²) in [5, 5.41) is 10.9. The number of imide groups is 1. The average molecular weight is 338 g/mol. The lowest BCUT2D eigenvalue weighted by Crippen LogP contribution is -2.49. The van der Waals surface area contributed by atoms with Crippen molar-refractivity contribution in [3.05, 3.63) is 39.2 Å². The Morgan fingerprint density at radius 3 is 2.71 bits per heavy atom. The van der Waals surface area contributed by atoms with Crippen LogP contribution >= 0.6 is 0 Å². The molecule has 8 heteroatoms. The molecule has 0 fully saturated rings. The third-order valence-electron chi connectivity index (χ3n) is 3.99. The molecule has 7 nitrogen and oxygen atoms in total. The molecule has 1 aromatic rings. The van der Waals surface area contributed by atoms with Gasteiger partial charge in [0, 0.05) is 23.6 Å². The first kappa shape index (κ1) is 17.8. The molecule has 1 heterocycles. The van der Waals surface area contributed by atoms with Crippen molar-refractivity contribution in [1.82, 2.24) is 4.90 Å². The lowest BCUT2D eigenvalue weighted by Gasteiger charge is -2.37. The van der Waals surface area contributed by atoms with Crippen LogP contribution in [-0.2, 0) is 10.2 Å². The summed E-state index contributed by atoms with van der Waals surface area (Å²) in [6, 6.07) is 1.89. The van der Waals surface area contributed by atoms with Crippen LogP contribution in [0.2, 0.25) is 0 Å². The zero-order valence-electron chi connectivity index (χ0n) is 13.8. The number of rotatable bonds is 4. The van der Waals surface area contributed by atoms with E-state index in [1.165, 1.54) is 0 Å². The van der Waals surface area contributed by atoms with Crippen LogP contribution in [0.25, 0.3) is 0 Å². The van der Waals surface area contributed by atoms with Crippen LogP contribution in [0, 0.1) is 15.9 Å². The first-order valence-electron chi connectivity index (χ1n) is 7.66. The molecule has 2 amide bonds. The molecule has 1 aliphatic heterocycles. The van der Waals surface area contributed by atoms with E-state index in [0.29, 0.717) is 12.0 Å². The van der Waals surface area contributed by atoms with Crippen molar-refractivity contribution in [1.29, 1.82) is 0 Å². The molecule has 2 rings (SSSR count). The van der Waals surface area contributed by atoms with Crippen molar-refractivity contribution < 1.29 is 23.6 Å². The standard InChI is InChI=1S/C16H19FN2O5/c1-4-5-6-24-15(21)18-9-16(2,3)11-8-13(19(22)23)12(17)7-10(11)14(18)20/h7-8H,4-6,9H2,1-3H3. The summed E-state index contributed by atoms with van der Waals surface area (Å²) in [7, 11) is 0. The molecule has 0 unspecified atom stereocenters. The van der Waals surface area contributed by atoms with Gasteiger partial charge in [-0.05, 0) is 18.1 Å². The Morgan fingerprint density at radius 1 is 1.46 bits per heavy atom. The maximum Gasteiger partial charge on any atom is 0.416 e. The van der Waals surface area contributed by atoms with Crippen LogP contribution in [0.15, 0.2) is 12.1 Å². The van der Waals surface area contributed by atoms with E-state index in [4.69, 9.17) is 4.74 Å². The number of nitrogens with zero attached hydrogens (tertiary/aromatic N) is 2. The number of ether oxygens (including phenoxy) is 1. The summed E-state index contributed by atoms with van der Waals surface area (Å²) in [6.07, 6.45) is 0.727. The number of nitro benzene ring substituents is 1. The van der Waals surface area contributed by atoms with E-state index in [2.05, 4.69) is 0 Å². The van der Waals surface area contributed by atoms with Gasteiger partial charge < -0.3 is 4.74 Å². The van der Waals surface area contributed by atoms with Crippen LogP contribution < -0.4 is 0 Å². The fourth-order valence-corrected chi connectivity index (χ4v) is 2.67. The minimum absolute atomic E-state index is 0.00653. The molecule has 0 atom stereocenters. The fraction of sp³-hybridized carbons (Fsp3) is 0.500. The van der Waals surface area contributed by atoms with E-state index in [1.807, 2.05) is 6.92 Å². The highest BCUT2D eigenvalue weighted by molar-refractivity contribution is 6.05. The van der Waals surface area contributed by atoms with Crippen LogP contribution in [-0.4, -0.2) is 35.0 Å². The highest BCUT2D eigenvalue weighted by Crippen LogP contribution is 2.37. The van der Waals surface area contributed by atoms with Gasteiger partial charge in [0.1, 0.15) is 0 Å². The first-order chi connectivity index (χ1) is 11.2. The molecule has 0 radical (unpaired) electrons. The molecule has 130 valence electrons. The third-order valence-corrected chi connectivity index (χ3v) is 3.99. The van der Waals surface area contributed by atoms with E-state index in [1.54, 1.807) is 13.8 Å². The Labute approximate surface area is 138 Å². The normalized spacial score (nSPS) is 15.8. The van der Waals surface area contributed by atoms with E-state index >= 15 is 0 Å². The van der Waals surface area contributed by atoms with E-state index < -0.39 is 33.8 Å². The number of benzene rings is 1. The van der Waals surface area contributed by atoms with Gasteiger partial charge in [0.25, 0.3) is 5.91 Å². The van der Waals surface area contributed by atoms with Gasteiger partial charge in [-0.1, -0.05) is 27.2 Å². The largest absolute Gasteiger partial charge is 0.449 e. The highest BCUT2D eigenvalue weighted by atomic mass is 19.1. The van der Waals surface area contributed by atoms with Crippen LogP contribution in [0.5, 0.6) is 0 Å². The molecular formula is C16H19FN2O5. The number of hydrogen-bond donors (Lipinski definition) is 0. The molecule has 0 spiro atoms. The number of unbranched alkanes of at least 4 members (excludes halogenated alkanes) is 1. The molecule has 1 aromatic carbocycles. The van der Waals surface area contributed by atoms with Crippen molar-refractivity contribution >= 4 is 17.7 Å². The Bertz CT molecular complexity index is 702. The second kappa shape index (κ2) is 6.54. The molecule has 0 aromatic heterocycles. The fourth-order valence-electron chi connectivity index (χ4n) is 2.67. The Balaban J connectivity index is 2.40. The van der Waals surface area contributed by atoms with Crippen molar-refractivity contribution in [2.45, 2.75) is 39.0 Å². The van der Waals surface area contributed by atoms with Crippen LogP contribution in [0.4, 0.5) is 14.9 Å². The Kier molecular flexibility index (Phi) is 4.86. The van der Waals surface area contributed by atoms with Crippen LogP contribution in [0.1, 0.15) is 49.5 Å². The lowest BCUT2D eigenvalue weighted by atomic mass is 9.78. The number of carbonyl (C=O) groups is 2. The number of halogens is 1. The number of nitro groups is 1. The third kappa shape index (κ3) is 3.22. The summed E-state index contributed by atoms with van der Waals surface area (Å²) in [5.74, 6) is -1.82. The van der Waals surface area contributed by atoms with E-state index in [9.17, 15) is 24.1 Å². The van der Waals surface area contributed by atoms with Gasteiger partial charge in [0.2, 0.25) is 5.82 Å². The topological polar surface area (TPSA) is 89.8 Å². The quantitative estimate of drug-likeness (QED) is 0.477. The number of hydrogen-bond acceptors (Lipinski definition) is 5. The zero-order chi connectivity index (χ0) is 18.1. The van der Waals surface area contributed by atoms with E-state index in [0.717, 1.165) is 23.5 Å². The lowest BCUT2D eigenvalue weighted by molar-refractivity contribution is -0.387. The zero-order valence-corrected chi connectivity index (χ0v) is 13.8. The SMILES string of the molecule is CCCCOC(=O)N1CC(C)(C)c2cc([N+](=O)[O-])c(F)cc2C1=O. The smallest absolute Gasteiger partial charge is 0.416 e. The molecule has 0 N–H and O–H groups in total. The minimum Gasteiger partial charge on any atom is -0.449 e. The van der Waals surface area contributed by atoms with Crippen molar-refractivity contribution in [3.63, 3.8) is 0 Å². The number of carbonyl (C=O) groups excluding carboxylic acids is 2. The number of amides is 2. The van der Waals surface area contributed by atoms with Gasteiger partial charge in [0.15, 0.2) is 0 Å². The summed E-state index contributed by atoms with van der Waals surface area (Å²) in [6.45, 7) is 5.60. The summed E-state index contributed by atoms with van der Waals surface area (Å²) in [4.78, 5) is 35.6. The average Bonchev–Trinajstić information content (AvgIpc) is 2.50.